The van der Waals surface area contributed by atoms with Crippen LogP contribution in [-0.2, 0) is 17.9 Å². The van der Waals surface area contributed by atoms with Gasteiger partial charge in [-0.05, 0) is 24.6 Å². The maximum atomic E-state index is 11.0. The van der Waals surface area contributed by atoms with Crippen molar-refractivity contribution >= 4 is 40.1 Å². The number of aryl methyl sites for hydroxylation is 1. The monoisotopic (exact) mass is 379 g/mol. The van der Waals surface area contributed by atoms with Gasteiger partial charge in [0.1, 0.15) is 6.54 Å². The van der Waals surface area contributed by atoms with E-state index >= 15 is 0 Å². The lowest BCUT2D eigenvalue weighted by Gasteiger charge is -2.14. The molecule has 1 aromatic carbocycles. The lowest BCUT2D eigenvalue weighted by atomic mass is 9.95. The summed E-state index contributed by atoms with van der Waals surface area (Å²) in [6.45, 7) is 1.61. The molecule has 6 nitrogen and oxygen atoms in total. The molecule has 0 amide bonds. The number of pyridine rings is 1. The molecule has 4 N–H and O–H groups in total. The molecule has 0 radical (unpaired) electrons. The van der Waals surface area contributed by atoms with Crippen molar-refractivity contribution < 1.29 is 15.0 Å². The second-order valence-corrected chi connectivity index (χ2v) is 6.46. The highest BCUT2D eigenvalue weighted by Gasteiger charge is 2.22. The lowest BCUT2D eigenvalue weighted by molar-refractivity contribution is -0.137. The minimum absolute atomic E-state index is 0.187. The van der Waals surface area contributed by atoms with E-state index < -0.39 is 5.97 Å². The molecule has 2 heterocycles. The molecule has 8 heteroatoms. The Bertz CT molecular complexity index is 999. The molecule has 0 aliphatic heterocycles. The molecule has 0 unspecified atom stereocenters. The SMILES string of the molecule is Cc1nc2cn(CC(=O)O)c(O)c2c(-c2ccc(Cl)cc2Cl)c1CN. The number of aromatic nitrogens is 2. The summed E-state index contributed by atoms with van der Waals surface area (Å²) in [5.41, 5.74) is 9.06. The van der Waals surface area contributed by atoms with Gasteiger partial charge in [-0.2, -0.15) is 0 Å². The fourth-order valence-corrected chi connectivity index (χ4v) is 3.44. The number of nitrogens with two attached hydrogens (primary N) is 1. The largest absolute Gasteiger partial charge is 0.494 e. The van der Waals surface area contributed by atoms with Crippen LogP contribution in [0.1, 0.15) is 11.3 Å². The summed E-state index contributed by atoms with van der Waals surface area (Å²) in [6, 6.07) is 5.04. The summed E-state index contributed by atoms with van der Waals surface area (Å²) in [6.07, 6.45) is 1.50. The zero-order chi connectivity index (χ0) is 18.3. The van der Waals surface area contributed by atoms with E-state index in [0.717, 1.165) is 5.56 Å². The van der Waals surface area contributed by atoms with E-state index in [1.165, 1.54) is 10.8 Å². The van der Waals surface area contributed by atoms with Crippen LogP contribution in [0.2, 0.25) is 10.0 Å². The molecule has 2 aromatic heterocycles. The minimum atomic E-state index is -1.07. The summed E-state index contributed by atoms with van der Waals surface area (Å²) < 4.78 is 1.23. The highest BCUT2D eigenvalue weighted by molar-refractivity contribution is 6.36. The van der Waals surface area contributed by atoms with Crippen LogP contribution >= 0.6 is 23.2 Å². The number of aliphatic carboxylic acids is 1. The topological polar surface area (TPSA) is 101 Å². The van der Waals surface area contributed by atoms with Crippen LogP contribution in [0.4, 0.5) is 0 Å². The first kappa shape index (κ1) is 17.5. The number of hydrogen-bond donors (Lipinski definition) is 3. The normalized spacial score (nSPS) is 11.2. The van der Waals surface area contributed by atoms with Crippen LogP contribution in [0.15, 0.2) is 24.4 Å². The predicted molar refractivity (Wildman–Crippen MR) is 97.1 cm³/mol. The predicted octanol–water partition coefficient (Wildman–Crippen LogP) is 3.57. The van der Waals surface area contributed by atoms with Gasteiger partial charge in [-0.25, -0.2) is 0 Å². The van der Waals surface area contributed by atoms with Gasteiger partial charge in [0, 0.05) is 39.6 Å². The summed E-state index contributed by atoms with van der Waals surface area (Å²) in [7, 11) is 0. The number of nitrogens with zero attached hydrogens (tertiary/aromatic N) is 2. The molecule has 0 atom stereocenters. The Morgan fingerprint density at radius 3 is 2.68 bits per heavy atom. The van der Waals surface area contributed by atoms with Gasteiger partial charge in [-0.3, -0.25) is 9.78 Å². The number of aromatic hydroxyl groups is 1. The summed E-state index contributed by atoms with van der Waals surface area (Å²) in [5.74, 6) is -1.27. The average molecular weight is 380 g/mol. The number of benzene rings is 1. The molecule has 0 bridgehead atoms. The van der Waals surface area contributed by atoms with Gasteiger partial charge in [0.2, 0.25) is 5.88 Å². The van der Waals surface area contributed by atoms with Crippen LogP contribution in [0, 0.1) is 6.92 Å². The van der Waals surface area contributed by atoms with Crippen LogP contribution in [0.5, 0.6) is 5.88 Å². The molecule has 130 valence electrons. The van der Waals surface area contributed by atoms with Gasteiger partial charge in [0.05, 0.1) is 10.9 Å². The van der Waals surface area contributed by atoms with Crippen LogP contribution < -0.4 is 5.73 Å². The Kier molecular flexibility index (Phi) is 4.60. The van der Waals surface area contributed by atoms with Crippen molar-refractivity contribution in [2.24, 2.45) is 5.73 Å². The van der Waals surface area contributed by atoms with Crippen LogP contribution in [-0.4, -0.2) is 25.7 Å². The van der Waals surface area contributed by atoms with Gasteiger partial charge in [-0.15, -0.1) is 0 Å². The Morgan fingerprint density at radius 1 is 1.36 bits per heavy atom. The third kappa shape index (κ3) is 3.04. The molecule has 25 heavy (non-hydrogen) atoms. The molecule has 0 fully saturated rings. The maximum absolute atomic E-state index is 11.0. The number of fused-ring (bicyclic) bond motifs is 1. The first-order valence-corrected chi connectivity index (χ1v) is 8.17. The van der Waals surface area contributed by atoms with Crippen molar-refractivity contribution in [3.05, 3.63) is 45.7 Å². The first-order chi connectivity index (χ1) is 11.8. The highest BCUT2D eigenvalue weighted by Crippen LogP contribution is 2.42. The van der Waals surface area contributed by atoms with Gasteiger partial charge in [0.25, 0.3) is 0 Å². The smallest absolute Gasteiger partial charge is 0.323 e. The van der Waals surface area contributed by atoms with E-state index in [2.05, 4.69) is 4.98 Å². The Hall–Kier alpha value is -2.28. The zero-order valence-electron chi connectivity index (χ0n) is 13.3. The van der Waals surface area contributed by atoms with E-state index in [-0.39, 0.29) is 19.0 Å². The van der Waals surface area contributed by atoms with Gasteiger partial charge in [-0.1, -0.05) is 29.3 Å². The van der Waals surface area contributed by atoms with Crippen LogP contribution in [0.25, 0.3) is 22.0 Å². The van der Waals surface area contributed by atoms with Crippen molar-refractivity contribution in [1.29, 1.82) is 0 Å². The number of rotatable bonds is 4. The average Bonchev–Trinajstić information content (AvgIpc) is 2.81. The maximum Gasteiger partial charge on any atom is 0.323 e. The molecule has 0 aliphatic rings. The van der Waals surface area contributed by atoms with E-state index in [9.17, 15) is 9.90 Å². The zero-order valence-corrected chi connectivity index (χ0v) is 14.8. The first-order valence-electron chi connectivity index (χ1n) is 7.42. The van der Waals surface area contributed by atoms with Gasteiger partial charge < -0.3 is 20.5 Å². The van der Waals surface area contributed by atoms with E-state index in [0.29, 0.717) is 37.8 Å². The molecule has 0 spiro atoms. The number of carboxylic acid groups (broad SMARTS) is 1. The Balaban J connectivity index is 2.42. The fraction of sp³-hybridized carbons (Fsp3) is 0.176. The van der Waals surface area contributed by atoms with Crippen molar-refractivity contribution in [1.82, 2.24) is 9.55 Å². The second-order valence-electron chi connectivity index (χ2n) is 5.61. The van der Waals surface area contributed by atoms with E-state index in [4.69, 9.17) is 34.0 Å². The molecule has 0 saturated heterocycles. The summed E-state index contributed by atoms with van der Waals surface area (Å²) in [5, 5.41) is 20.9. The fourth-order valence-electron chi connectivity index (χ4n) is 2.94. The summed E-state index contributed by atoms with van der Waals surface area (Å²) in [4.78, 5) is 15.5. The minimum Gasteiger partial charge on any atom is -0.494 e. The molecule has 0 saturated carbocycles. The highest BCUT2D eigenvalue weighted by atomic mass is 35.5. The van der Waals surface area contributed by atoms with Gasteiger partial charge in [0.15, 0.2) is 0 Å². The second kappa shape index (κ2) is 6.55. The quantitative estimate of drug-likeness (QED) is 0.642. The molecular weight excluding hydrogens is 365 g/mol. The molecule has 3 aromatic rings. The number of halogens is 2. The van der Waals surface area contributed by atoms with Gasteiger partial charge >= 0.3 is 5.97 Å². The molecule has 0 aliphatic carbocycles. The third-order valence-corrected chi connectivity index (χ3v) is 4.56. The van der Waals surface area contributed by atoms with E-state index in [1.807, 2.05) is 0 Å². The summed E-state index contributed by atoms with van der Waals surface area (Å²) >= 11 is 12.3. The number of carboxylic acids is 1. The van der Waals surface area contributed by atoms with Crippen molar-refractivity contribution in [2.75, 3.05) is 0 Å². The third-order valence-electron chi connectivity index (χ3n) is 4.02. The molecule has 3 rings (SSSR count). The van der Waals surface area contributed by atoms with Crippen molar-refractivity contribution in [2.45, 2.75) is 20.0 Å². The van der Waals surface area contributed by atoms with Crippen molar-refractivity contribution in [3.63, 3.8) is 0 Å². The van der Waals surface area contributed by atoms with Crippen LogP contribution in [0.3, 0.4) is 0 Å². The number of carbonyl (C=O) groups is 1. The lowest BCUT2D eigenvalue weighted by Crippen LogP contribution is -2.06. The molecular formula is C17H15Cl2N3O3. The Labute approximate surface area is 153 Å². The van der Waals surface area contributed by atoms with E-state index in [1.54, 1.807) is 25.1 Å². The Morgan fingerprint density at radius 2 is 2.08 bits per heavy atom. The standard InChI is InChI=1S/C17H15Cl2N3O3/c1-8-11(5-20)15(10-3-2-9(18)4-12(10)19)16-13(21-8)6-22(17(16)25)7-14(23)24/h2-4,6,25H,5,7,20H2,1H3,(H,23,24). The number of hydrogen-bond acceptors (Lipinski definition) is 4. The van der Waals surface area contributed by atoms with Crippen molar-refractivity contribution in [3.8, 4) is 17.0 Å².